The fourth-order valence-corrected chi connectivity index (χ4v) is 6.71. The molecule has 0 bridgehead atoms. The minimum atomic E-state index is -1.57. The molecule has 0 heterocycles. The third-order valence-corrected chi connectivity index (χ3v) is 8.92. The largest absolute Gasteiger partial charge is 0.393 e. The molecular weight excluding hydrogens is 403 g/mol. The van der Waals surface area contributed by atoms with Crippen LogP contribution in [0.5, 0.6) is 0 Å². The van der Waals surface area contributed by atoms with Gasteiger partial charge in [0.25, 0.3) is 0 Å². The molecule has 0 aliphatic heterocycles. The number of ketones is 1. The molecule has 0 aromatic carbocycles. The first-order valence-electron chi connectivity index (χ1n) is 12.8. The van der Waals surface area contributed by atoms with Gasteiger partial charge in [-0.25, -0.2) is 4.39 Å². The van der Waals surface area contributed by atoms with Crippen LogP contribution in [-0.4, -0.2) is 33.9 Å². The highest BCUT2D eigenvalue weighted by Crippen LogP contribution is 2.59. The molecule has 0 saturated heterocycles. The van der Waals surface area contributed by atoms with Crippen molar-refractivity contribution < 1.29 is 19.4 Å². The van der Waals surface area contributed by atoms with Crippen molar-refractivity contribution in [2.75, 3.05) is 0 Å². The predicted molar refractivity (Wildman–Crippen MR) is 128 cm³/mol. The number of aliphatic hydroxyl groups is 2. The van der Waals surface area contributed by atoms with Crippen LogP contribution in [0.1, 0.15) is 91.9 Å². The Morgan fingerprint density at radius 3 is 2.66 bits per heavy atom. The summed E-state index contributed by atoms with van der Waals surface area (Å²) >= 11 is 0. The van der Waals surface area contributed by atoms with Gasteiger partial charge >= 0.3 is 0 Å². The van der Waals surface area contributed by atoms with E-state index in [1.807, 2.05) is 19.9 Å². The van der Waals surface area contributed by atoms with Crippen LogP contribution in [0.4, 0.5) is 4.39 Å². The monoisotopic (exact) mass is 446 g/mol. The van der Waals surface area contributed by atoms with Gasteiger partial charge in [-0.2, -0.15) is 0 Å². The number of alkyl halides is 1. The molecule has 0 radical (unpaired) electrons. The summed E-state index contributed by atoms with van der Waals surface area (Å²) in [6, 6.07) is 0. The molecule has 0 aromatic heterocycles. The molecule has 180 valence electrons. The van der Waals surface area contributed by atoms with E-state index < -0.39 is 23.7 Å². The number of aliphatic hydroxyl groups excluding tert-OH is 1. The Labute approximate surface area is 193 Å². The van der Waals surface area contributed by atoms with E-state index in [1.165, 1.54) is 24.8 Å². The zero-order valence-corrected chi connectivity index (χ0v) is 20.4. The number of hydrogen-bond acceptors (Lipinski definition) is 3. The lowest BCUT2D eigenvalue weighted by atomic mass is 9.61. The van der Waals surface area contributed by atoms with Crippen molar-refractivity contribution in [3.63, 3.8) is 0 Å². The molecule has 6 unspecified atom stereocenters. The highest BCUT2D eigenvalue weighted by molar-refractivity contribution is 5.99. The summed E-state index contributed by atoms with van der Waals surface area (Å²) in [4.78, 5) is 12.2. The van der Waals surface area contributed by atoms with Crippen molar-refractivity contribution in [1.29, 1.82) is 0 Å². The first-order valence-corrected chi connectivity index (χ1v) is 12.8. The van der Waals surface area contributed by atoms with Gasteiger partial charge in [0.05, 0.1) is 11.7 Å². The van der Waals surface area contributed by atoms with E-state index in [1.54, 1.807) is 6.08 Å². The van der Waals surface area contributed by atoms with Crippen LogP contribution in [0.2, 0.25) is 0 Å². The Kier molecular flexibility index (Phi) is 8.20. The molecule has 0 spiro atoms. The minimum absolute atomic E-state index is 0.0740. The number of carbonyl (C=O) groups is 1. The Balaban J connectivity index is 1.72. The van der Waals surface area contributed by atoms with Crippen LogP contribution in [0.15, 0.2) is 35.5 Å². The molecule has 3 saturated carbocycles. The normalized spacial score (nSPS) is 37.4. The zero-order chi connectivity index (χ0) is 23.5. The van der Waals surface area contributed by atoms with Gasteiger partial charge in [0.15, 0.2) is 12.0 Å². The van der Waals surface area contributed by atoms with E-state index in [9.17, 15) is 19.4 Å². The molecule has 3 nitrogen and oxygen atoms in total. The van der Waals surface area contributed by atoms with Gasteiger partial charge in [-0.15, -0.1) is 0 Å². The summed E-state index contributed by atoms with van der Waals surface area (Å²) in [5.74, 6) is 1.25. The van der Waals surface area contributed by atoms with Gasteiger partial charge in [-0.05, 0) is 74.5 Å². The summed E-state index contributed by atoms with van der Waals surface area (Å²) in [6.45, 7) is 8.85. The smallest absolute Gasteiger partial charge is 0.193 e. The fourth-order valence-electron chi connectivity index (χ4n) is 6.71. The fraction of sp³-hybridized carbons (Fsp3) is 0.750. The molecule has 0 amide bonds. The van der Waals surface area contributed by atoms with Crippen LogP contribution in [-0.2, 0) is 4.79 Å². The van der Waals surface area contributed by atoms with Crippen LogP contribution in [0, 0.1) is 23.2 Å². The molecule has 6 atom stereocenters. The maximum absolute atomic E-state index is 13.9. The lowest BCUT2D eigenvalue weighted by Gasteiger charge is -2.44. The molecule has 3 aliphatic carbocycles. The van der Waals surface area contributed by atoms with Crippen LogP contribution in [0.3, 0.4) is 0 Å². The van der Waals surface area contributed by atoms with Crippen molar-refractivity contribution in [1.82, 2.24) is 0 Å². The average molecular weight is 447 g/mol. The highest BCUT2D eigenvalue weighted by atomic mass is 19.1. The standard InChI is InChI=1S/C28H43FO3/c1-5-28(32,6-2)16-7-9-19(3)23-13-14-24-20(10-8-15-27(23,24)4)11-12-21-17-22(30)18-25(29)26(21)31/h7,11-12,16,19,22-25,30,32H,5-6,8-10,13-15,17-18H2,1-4H3/b16-7+,20-11+,21-12-. The minimum Gasteiger partial charge on any atom is -0.393 e. The number of hydrogen-bond donors (Lipinski definition) is 2. The number of allylic oxidation sites excluding steroid dienone is 4. The first kappa shape index (κ1) is 25.4. The van der Waals surface area contributed by atoms with Crippen molar-refractivity contribution in [2.45, 2.75) is 110 Å². The lowest BCUT2D eigenvalue weighted by molar-refractivity contribution is -0.123. The quantitative estimate of drug-likeness (QED) is 0.359. The van der Waals surface area contributed by atoms with E-state index in [-0.39, 0.29) is 18.3 Å². The number of fused-ring (bicyclic) bond motifs is 1. The summed E-state index contributed by atoms with van der Waals surface area (Å²) in [5, 5.41) is 20.4. The maximum Gasteiger partial charge on any atom is 0.193 e. The van der Waals surface area contributed by atoms with E-state index in [4.69, 9.17) is 0 Å². The van der Waals surface area contributed by atoms with E-state index in [0.717, 1.165) is 32.1 Å². The third-order valence-electron chi connectivity index (χ3n) is 8.92. The number of Topliss-reactive ketones (excluding diaryl/α,β-unsaturated/α-hetero) is 1. The van der Waals surface area contributed by atoms with Crippen LogP contribution in [0.25, 0.3) is 0 Å². The Morgan fingerprint density at radius 1 is 1.25 bits per heavy atom. The second-order valence-corrected chi connectivity index (χ2v) is 10.9. The topological polar surface area (TPSA) is 57.5 Å². The van der Waals surface area contributed by atoms with Crippen LogP contribution < -0.4 is 0 Å². The number of carbonyl (C=O) groups excluding carboxylic acids is 1. The van der Waals surface area contributed by atoms with Gasteiger partial charge in [-0.3, -0.25) is 4.79 Å². The predicted octanol–water partition coefficient (Wildman–Crippen LogP) is 6.25. The van der Waals surface area contributed by atoms with Gasteiger partial charge in [0.1, 0.15) is 0 Å². The van der Waals surface area contributed by atoms with Crippen molar-refractivity contribution in [3.8, 4) is 0 Å². The number of halogens is 1. The van der Waals surface area contributed by atoms with Gasteiger partial charge in [-0.1, -0.05) is 57.6 Å². The molecule has 4 heteroatoms. The SMILES string of the molecule is CCC(O)(/C=C/CC(C)C1CCC2/C(=C/C=C3/CC(O)CC(F)C3=O)CCCC21C)CC. The van der Waals surface area contributed by atoms with Crippen molar-refractivity contribution >= 4 is 5.78 Å². The summed E-state index contributed by atoms with van der Waals surface area (Å²) < 4.78 is 13.9. The number of rotatable bonds is 7. The summed E-state index contributed by atoms with van der Waals surface area (Å²) in [7, 11) is 0. The van der Waals surface area contributed by atoms with Gasteiger partial charge < -0.3 is 10.2 Å². The maximum atomic E-state index is 13.9. The second-order valence-electron chi connectivity index (χ2n) is 10.9. The molecule has 2 N–H and O–H groups in total. The molecule has 3 rings (SSSR count). The van der Waals surface area contributed by atoms with Crippen molar-refractivity contribution in [2.24, 2.45) is 23.2 Å². The molecular formula is C28H43FO3. The van der Waals surface area contributed by atoms with Crippen LogP contribution >= 0.6 is 0 Å². The second kappa shape index (κ2) is 10.3. The Bertz CT molecular complexity index is 763. The molecule has 32 heavy (non-hydrogen) atoms. The average Bonchev–Trinajstić information content (AvgIpc) is 3.12. The van der Waals surface area contributed by atoms with Gasteiger partial charge in [0.2, 0.25) is 0 Å². The zero-order valence-electron chi connectivity index (χ0n) is 20.4. The highest BCUT2D eigenvalue weighted by Gasteiger charge is 2.50. The molecule has 3 aliphatic rings. The Morgan fingerprint density at radius 2 is 1.97 bits per heavy atom. The third kappa shape index (κ3) is 5.28. The van der Waals surface area contributed by atoms with E-state index >= 15 is 0 Å². The van der Waals surface area contributed by atoms with E-state index in [2.05, 4.69) is 26.0 Å². The van der Waals surface area contributed by atoms with Gasteiger partial charge in [0, 0.05) is 18.4 Å². The molecule has 3 fully saturated rings. The first-order chi connectivity index (χ1) is 15.1. The summed E-state index contributed by atoms with van der Waals surface area (Å²) in [5.41, 5.74) is 1.40. The Hall–Kier alpha value is -1.26. The lowest BCUT2D eigenvalue weighted by Crippen LogP contribution is -2.36. The molecule has 0 aromatic rings. The summed E-state index contributed by atoms with van der Waals surface area (Å²) in [6.07, 6.45) is 14.2. The van der Waals surface area contributed by atoms with E-state index in [0.29, 0.717) is 23.3 Å². The van der Waals surface area contributed by atoms with Crippen molar-refractivity contribution in [3.05, 3.63) is 35.5 Å².